The van der Waals surface area contributed by atoms with Crippen LogP contribution >= 0.6 is 0 Å². The average molecular weight is 355 g/mol. The van der Waals surface area contributed by atoms with Crippen LogP contribution in [-0.4, -0.2) is 33.9 Å². The van der Waals surface area contributed by atoms with Gasteiger partial charge < -0.3 is 15.2 Å². The zero-order valence-corrected chi connectivity index (χ0v) is 15.3. The van der Waals surface area contributed by atoms with Crippen molar-refractivity contribution in [2.24, 2.45) is 0 Å². The van der Waals surface area contributed by atoms with Gasteiger partial charge in [0.2, 0.25) is 5.91 Å². The second kappa shape index (κ2) is 8.12. The molecule has 2 aromatic heterocycles. The summed E-state index contributed by atoms with van der Waals surface area (Å²) < 4.78 is 0. The van der Waals surface area contributed by atoms with Gasteiger partial charge in [-0.3, -0.25) is 9.59 Å². The molecule has 0 unspecified atom stereocenters. The number of aryl methyl sites for hydroxylation is 2. The first-order valence-corrected chi connectivity index (χ1v) is 9.06. The first kappa shape index (κ1) is 18.1. The van der Waals surface area contributed by atoms with E-state index in [2.05, 4.69) is 25.2 Å². The van der Waals surface area contributed by atoms with Crippen LogP contribution in [0.25, 0.3) is 0 Å². The summed E-state index contributed by atoms with van der Waals surface area (Å²) >= 11 is 0. The van der Waals surface area contributed by atoms with Crippen molar-refractivity contribution in [3.8, 4) is 0 Å². The molecule has 0 radical (unpaired) electrons. The summed E-state index contributed by atoms with van der Waals surface area (Å²) in [6, 6.07) is 3.99. The molecule has 2 aromatic rings. The Bertz CT molecular complexity index is 823. The normalized spacial score (nSPS) is 14.3. The molecule has 138 valence electrons. The van der Waals surface area contributed by atoms with E-state index in [1.165, 1.54) is 19.3 Å². The lowest BCUT2D eigenvalue weighted by atomic mass is 10.1. The third-order valence-corrected chi connectivity index (χ3v) is 4.66. The predicted octanol–water partition coefficient (Wildman–Crippen LogP) is 1.63. The van der Waals surface area contributed by atoms with E-state index in [9.17, 15) is 9.59 Å². The fourth-order valence-corrected chi connectivity index (χ4v) is 3.21. The number of nitrogens with one attached hydrogen (secondary N) is 2. The molecule has 0 spiro atoms. The van der Waals surface area contributed by atoms with Crippen molar-refractivity contribution in [3.63, 3.8) is 0 Å². The van der Waals surface area contributed by atoms with Gasteiger partial charge >= 0.3 is 0 Å². The lowest BCUT2D eigenvalue weighted by Gasteiger charge is -2.27. The number of H-pyrrole nitrogens is 1. The molecule has 0 atom stereocenters. The van der Waals surface area contributed by atoms with Crippen LogP contribution in [0.3, 0.4) is 0 Å². The molecule has 26 heavy (non-hydrogen) atoms. The molecule has 3 rings (SSSR count). The highest BCUT2D eigenvalue weighted by atomic mass is 16.2. The lowest BCUT2D eigenvalue weighted by molar-refractivity contribution is -0.120. The van der Waals surface area contributed by atoms with Crippen LogP contribution in [0.4, 0.5) is 5.82 Å². The van der Waals surface area contributed by atoms with Gasteiger partial charge in [-0.05, 0) is 44.7 Å². The number of anilines is 1. The van der Waals surface area contributed by atoms with Crippen molar-refractivity contribution < 1.29 is 4.79 Å². The molecule has 0 bridgehead atoms. The number of rotatable bonds is 5. The summed E-state index contributed by atoms with van der Waals surface area (Å²) in [6.07, 6.45) is 5.54. The van der Waals surface area contributed by atoms with Crippen molar-refractivity contribution in [2.45, 2.75) is 46.1 Å². The Hall–Kier alpha value is -2.70. The van der Waals surface area contributed by atoms with Crippen LogP contribution in [0.2, 0.25) is 0 Å². The second-order valence-electron chi connectivity index (χ2n) is 6.74. The van der Waals surface area contributed by atoms with Gasteiger partial charge in [0, 0.05) is 37.1 Å². The number of aromatic amines is 1. The molecule has 1 aliphatic heterocycles. The second-order valence-corrected chi connectivity index (χ2v) is 6.74. The van der Waals surface area contributed by atoms with E-state index in [0.29, 0.717) is 23.6 Å². The number of carbonyl (C=O) groups excluding carboxylic acids is 1. The largest absolute Gasteiger partial charge is 0.357 e. The van der Waals surface area contributed by atoms with Gasteiger partial charge in [0.05, 0.1) is 6.42 Å². The maximum Gasteiger partial charge on any atom is 0.254 e. The molecule has 1 saturated heterocycles. The Labute approximate surface area is 152 Å². The number of aromatic nitrogens is 3. The number of hydrogen-bond donors (Lipinski definition) is 2. The fraction of sp³-hybridized carbons (Fsp3) is 0.474. The maximum absolute atomic E-state index is 12.2. The van der Waals surface area contributed by atoms with Gasteiger partial charge in [0.25, 0.3) is 5.56 Å². The third kappa shape index (κ3) is 4.47. The molecule has 7 heteroatoms. The zero-order valence-electron chi connectivity index (χ0n) is 15.3. The van der Waals surface area contributed by atoms with Gasteiger partial charge in [-0.15, -0.1) is 0 Å². The van der Waals surface area contributed by atoms with E-state index in [1.807, 2.05) is 12.1 Å². The van der Waals surface area contributed by atoms with Crippen molar-refractivity contribution >= 4 is 11.7 Å². The summed E-state index contributed by atoms with van der Waals surface area (Å²) in [4.78, 5) is 37.8. The Balaban J connectivity index is 1.55. The van der Waals surface area contributed by atoms with Crippen LogP contribution < -0.4 is 15.8 Å². The molecule has 2 N–H and O–H groups in total. The number of pyridine rings is 1. The molecule has 1 aliphatic rings. The Morgan fingerprint density at radius 1 is 1.23 bits per heavy atom. The molecule has 1 amide bonds. The van der Waals surface area contributed by atoms with Gasteiger partial charge in [-0.25, -0.2) is 9.97 Å². The van der Waals surface area contributed by atoms with E-state index >= 15 is 0 Å². The highest BCUT2D eigenvalue weighted by molar-refractivity contribution is 5.78. The molecular weight excluding hydrogens is 330 g/mol. The number of nitrogens with zero attached hydrogens (tertiary/aromatic N) is 3. The van der Waals surface area contributed by atoms with Crippen LogP contribution in [0.5, 0.6) is 0 Å². The van der Waals surface area contributed by atoms with Crippen LogP contribution in [-0.2, 0) is 17.8 Å². The highest BCUT2D eigenvalue weighted by Gasteiger charge is 2.13. The van der Waals surface area contributed by atoms with Crippen molar-refractivity contribution in [1.82, 2.24) is 20.3 Å². The molecule has 7 nitrogen and oxygen atoms in total. The minimum Gasteiger partial charge on any atom is -0.357 e. The monoisotopic (exact) mass is 355 g/mol. The number of piperidine rings is 1. The van der Waals surface area contributed by atoms with Crippen LogP contribution in [0, 0.1) is 13.8 Å². The van der Waals surface area contributed by atoms with E-state index in [4.69, 9.17) is 0 Å². The molecule has 0 aromatic carbocycles. The molecule has 0 saturated carbocycles. The first-order valence-electron chi connectivity index (χ1n) is 9.06. The molecule has 1 fully saturated rings. The minimum absolute atomic E-state index is 0.0216. The van der Waals surface area contributed by atoms with Crippen LogP contribution in [0.15, 0.2) is 23.1 Å². The van der Waals surface area contributed by atoms with Gasteiger partial charge in [-0.2, -0.15) is 0 Å². The third-order valence-electron chi connectivity index (χ3n) is 4.66. The summed E-state index contributed by atoms with van der Waals surface area (Å²) in [6.45, 7) is 5.97. The standard InChI is InChI=1S/C19H25N5O2/c1-13-16(19(26)23-14(2)22-13)10-18(25)21-12-15-6-7-17(20-11-15)24-8-4-3-5-9-24/h6-7,11H,3-5,8-10,12H2,1-2H3,(H,21,25)(H,22,23,26). The SMILES string of the molecule is Cc1nc(C)c(CC(=O)NCc2ccc(N3CCCCC3)nc2)c(=O)[nH]1. The van der Waals surface area contributed by atoms with Crippen molar-refractivity contribution in [1.29, 1.82) is 0 Å². The van der Waals surface area contributed by atoms with Crippen molar-refractivity contribution in [2.75, 3.05) is 18.0 Å². The van der Waals surface area contributed by atoms with E-state index in [0.717, 1.165) is 24.5 Å². The summed E-state index contributed by atoms with van der Waals surface area (Å²) in [5.74, 6) is 1.34. The van der Waals surface area contributed by atoms with E-state index < -0.39 is 0 Å². The summed E-state index contributed by atoms with van der Waals surface area (Å²) in [7, 11) is 0. The lowest BCUT2D eigenvalue weighted by Crippen LogP contribution is -2.30. The van der Waals surface area contributed by atoms with Gasteiger partial charge in [0.1, 0.15) is 11.6 Å². The Morgan fingerprint density at radius 3 is 2.65 bits per heavy atom. The smallest absolute Gasteiger partial charge is 0.254 e. The molecule has 3 heterocycles. The zero-order chi connectivity index (χ0) is 18.5. The quantitative estimate of drug-likeness (QED) is 0.851. The van der Waals surface area contributed by atoms with Gasteiger partial charge in [0.15, 0.2) is 0 Å². The average Bonchev–Trinajstić information content (AvgIpc) is 2.64. The minimum atomic E-state index is -0.252. The predicted molar refractivity (Wildman–Crippen MR) is 100 cm³/mol. The van der Waals surface area contributed by atoms with Gasteiger partial charge in [-0.1, -0.05) is 6.07 Å². The van der Waals surface area contributed by atoms with E-state index in [1.54, 1.807) is 20.0 Å². The molecular formula is C19H25N5O2. The number of carbonyl (C=O) groups is 1. The number of amides is 1. The highest BCUT2D eigenvalue weighted by Crippen LogP contribution is 2.17. The summed E-state index contributed by atoms with van der Waals surface area (Å²) in [5.41, 5.74) is 1.69. The maximum atomic E-state index is 12.2. The van der Waals surface area contributed by atoms with E-state index in [-0.39, 0.29) is 17.9 Å². The summed E-state index contributed by atoms with van der Waals surface area (Å²) in [5, 5.41) is 2.84. The van der Waals surface area contributed by atoms with Crippen LogP contribution in [0.1, 0.15) is 41.9 Å². The molecule has 0 aliphatic carbocycles. The Kier molecular flexibility index (Phi) is 5.65. The fourth-order valence-electron chi connectivity index (χ4n) is 3.21. The first-order chi connectivity index (χ1) is 12.5. The Morgan fingerprint density at radius 2 is 2.00 bits per heavy atom. The van der Waals surface area contributed by atoms with Crippen molar-refractivity contribution in [3.05, 3.63) is 51.3 Å². The topological polar surface area (TPSA) is 91.0 Å². The number of hydrogen-bond acceptors (Lipinski definition) is 5.